The van der Waals surface area contributed by atoms with E-state index in [1.54, 1.807) is 0 Å². The number of nitrogens with one attached hydrogen (secondary N) is 1. The number of methoxy groups -OCH3 is 1. The molecule has 6 heteroatoms. The van der Waals surface area contributed by atoms with Crippen molar-refractivity contribution in [2.45, 2.75) is 31.2 Å². The maximum atomic E-state index is 11.8. The van der Waals surface area contributed by atoms with Crippen LogP contribution in [0.1, 0.15) is 17.5 Å². The van der Waals surface area contributed by atoms with E-state index in [0.717, 1.165) is 10.5 Å². The van der Waals surface area contributed by atoms with Gasteiger partial charge in [0.25, 0.3) is 0 Å². The summed E-state index contributed by atoms with van der Waals surface area (Å²) in [6.45, 7) is 4.30. The maximum Gasteiger partial charge on any atom is 0.326 e. The largest absolute Gasteiger partial charge is 0.480 e. The second-order valence-electron chi connectivity index (χ2n) is 4.80. The number of aliphatic carboxylic acids is 1. The Morgan fingerprint density at radius 1 is 1.38 bits per heavy atom. The van der Waals surface area contributed by atoms with Gasteiger partial charge in [0.1, 0.15) is 6.04 Å². The fourth-order valence-corrected chi connectivity index (χ4v) is 2.65. The van der Waals surface area contributed by atoms with Crippen molar-refractivity contribution in [1.82, 2.24) is 5.32 Å². The topological polar surface area (TPSA) is 75.6 Å². The highest BCUT2D eigenvalue weighted by Crippen LogP contribution is 2.22. The van der Waals surface area contributed by atoms with Gasteiger partial charge in [0.2, 0.25) is 5.91 Å². The molecular weight excluding hydrogens is 290 g/mol. The SMILES string of the molecule is COCCC(NC(=O)CSc1ccc(C)cc1C)C(=O)O. The van der Waals surface area contributed by atoms with Gasteiger partial charge in [-0.2, -0.15) is 0 Å². The molecule has 1 aromatic rings. The first-order chi connectivity index (χ1) is 9.93. The maximum absolute atomic E-state index is 11.8. The number of benzene rings is 1. The van der Waals surface area contributed by atoms with Crippen LogP contribution in [0.5, 0.6) is 0 Å². The first-order valence-electron chi connectivity index (χ1n) is 6.65. The van der Waals surface area contributed by atoms with Gasteiger partial charge in [-0.05, 0) is 25.5 Å². The molecule has 2 N–H and O–H groups in total. The van der Waals surface area contributed by atoms with E-state index in [9.17, 15) is 9.59 Å². The molecule has 1 aromatic carbocycles. The summed E-state index contributed by atoms with van der Waals surface area (Å²) < 4.78 is 4.84. The second kappa shape index (κ2) is 8.69. The second-order valence-corrected chi connectivity index (χ2v) is 5.81. The normalized spacial score (nSPS) is 12.0. The molecule has 0 aliphatic rings. The lowest BCUT2D eigenvalue weighted by Crippen LogP contribution is -2.42. The van der Waals surface area contributed by atoms with E-state index in [-0.39, 0.29) is 18.1 Å². The van der Waals surface area contributed by atoms with Crippen LogP contribution in [0.4, 0.5) is 0 Å². The number of aryl methyl sites for hydroxylation is 2. The summed E-state index contributed by atoms with van der Waals surface area (Å²) in [4.78, 5) is 23.9. The summed E-state index contributed by atoms with van der Waals surface area (Å²) in [5, 5.41) is 11.5. The smallest absolute Gasteiger partial charge is 0.326 e. The predicted molar refractivity (Wildman–Crippen MR) is 82.7 cm³/mol. The molecule has 0 radical (unpaired) electrons. The van der Waals surface area contributed by atoms with E-state index in [0.29, 0.717) is 6.61 Å². The molecule has 0 bridgehead atoms. The van der Waals surface area contributed by atoms with Crippen LogP contribution in [0.25, 0.3) is 0 Å². The van der Waals surface area contributed by atoms with Crippen molar-refractivity contribution in [2.75, 3.05) is 19.5 Å². The molecular formula is C15H21NO4S. The van der Waals surface area contributed by atoms with Gasteiger partial charge in [0.15, 0.2) is 0 Å². The van der Waals surface area contributed by atoms with Crippen molar-refractivity contribution in [3.63, 3.8) is 0 Å². The van der Waals surface area contributed by atoms with E-state index in [2.05, 4.69) is 11.4 Å². The van der Waals surface area contributed by atoms with Crippen molar-refractivity contribution in [3.05, 3.63) is 29.3 Å². The van der Waals surface area contributed by atoms with Crippen LogP contribution in [0.3, 0.4) is 0 Å². The summed E-state index contributed by atoms with van der Waals surface area (Å²) in [6, 6.07) is 5.12. The number of amides is 1. The first kappa shape index (κ1) is 17.5. The third-order valence-corrected chi connectivity index (χ3v) is 4.11. The molecule has 0 aliphatic heterocycles. The Morgan fingerprint density at radius 2 is 2.10 bits per heavy atom. The molecule has 0 heterocycles. The van der Waals surface area contributed by atoms with E-state index in [4.69, 9.17) is 9.84 Å². The van der Waals surface area contributed by atoms with Crippen molar-refractivity contribution in [3.8, 4) is 0 Å². The standard InChI is InChI=1S/C15H21NO4S/c1-10-4-5-13(11(2)8-10)21-9-14(17)16-12(15(18)19)6-7-20-3/h4-5,8,12H,6-7,9H2,1-3H3,(H,16,17)(H,18,19). The third-order valence-electron chi connectivity index (χ3n) is 2.93. The zero-order valence-electron chi connectivity index (χ0n) is 12.5. The van der Waals surface area contributed by atoms with Crippen LogP contribution in [0.15, 0.2) is 23.1 Å². The highest BCUT2D eigenvalue weighted by atomic mass is 32.2. The molecule has 0 saturated carbocycles. The first-order valence-corrected chi connectivity index (χ1v) is 7.63. The number of carbonyl (C=O) groups is 2. The molecule has 21 heavy (non-hydrogen) atoms. The molecule has 0 spiro atoms. The lowest BCUT2D eigenvalue weighted by Gasteiger charge is -2.14. The Kier molecular flexibility index (Phi) is 7.25. The molecule has 1 unspecified atom stereocenters. The van der Waals surface area contributed by atoms with Crippen LogP contribution in [-0.4, -0.2) is 42.5 Å². The Balaban J connectivity index is 2.50. The third kappa shape index (κ3) is 6.18. The lowest BCUT2D eigenvalue weighted by atomic mass is 10.2. The van der Waals surface area contributed by atoms with Crippen molar-refractivity contribution < 1.29 is 19.4 Å². The number of hydrogen-bond donors (Lipinski definition) is 2. The zero-order chi connectivity index (χ0) is 15.8. The molecule has 1 atom stereocenters. The fraction of sp³-hybridized carbons (Fsp3) is 0.467. The van der Waals surface area contributed by atoms with Gasteiger partial charge < -0.3 is 15.2 Å². The van der Waals surface area contributed by atoms with E-state index >= 15 is 0 Å². The minimum Gasteiger partial charge on any atom is -0.480 e. The lowest BCUT2D eigenvalue weighted by molar-refractivity contribution is -0.142. The average Bonchev–Trinajstić information content (AvgIpc) is 2.42. The van der Waals surface area contributed by atoms with Gasteiger partial charge in [-0.3, -0.25) is 4.79 Å². The summed E-state index contributed by atoms with van der Waals surface area (Å²) in [6.07, 6.45) is 0.256. The molecule has 5 nitrogen and oxygen atoms in total. The van der Waals surface area contributed by atoms with E-state index < -0.39 is 12.0 Å². The number of ether oxygens (including phenoxy) is 1. The molecule has 0 aliphatic carbocycles. The molecule has 0 saturated heterocycles. The van der Waals surface area contributed by atoms with Gasteiger partial charge in [-0.15, -0.1) is 11.8 Å². The predicted octanol–water partition coefficient (Wildman–Crippen LogP) is 2.00. The quantitative estimate of drug-likeness (QED) is 0.718. The average molecular weight is 311 g/mol. The van der Waals surface area contributed by atoms with Crippen LogP contribution in [-0.2, 0) is 14.3 Å². The summed E-state index contributed by atoms with van der Waals surface area (Å²) >= 11 is 1.41. The molecule has 116 valence electrons. The molecule has 1 rings (SSSR count). The highest BCUT2D eigenvalue weighted by Gasteiger charge is 2.19. The summed E-state index contributed by atoms with van der Waals surface area (Å²) in [7, 11) is 1.50. The minimum atomic E-state index is -1.04. The fourth-order valence-electron chi connectivity index (χ4n) is 1.83. The van der Waals surface area contributed by atoms with Gasteiger partial charge in [-0.25, -0.2) is 4.79 Å². The van der Waals surface area contributed by atoms with E-state index in [1.165, 1.54) is 24.4 Å². The number of carboxylic acids is 1. The van der Waals surface area contributed by atoms with Gasteiger partial charge in [-0.1, -0.05) is 17.7 Å². The summed E-state index contributed by atoms with van der Waals surface area (Å²) in [5.74, 6) is -1.14. The van der Waals surface area contributed by atoms with Gasteiger partial charge in [0, 0.05) is 25.0 Å². The summed E-state index contributed by atoms with van der Waals surface area (Å²) in [5.41, 5.74) is 2.29. The Bertz CT molecular complexity index is 504. The van der Waals surface area contributed by atoms with Crippen LogP contribution in [0, 0.1) is 13.8 Å². The highest BCUT2D eigenvalue weighted by molar-refractivity contribution is 8.00. The number of rotatable bonds is 8. The molecule has 0 fully saturated rings. The number of carbonyl (C=O) groups excluding carboxylic acids is 1. The Morgan fingerprint density at radius 3 is 2.67 bits per heavy atom. The Hall–Kier alpha value is -1.53. The number of carboxylic acid groups (broad SMARTS) is 1. The minimum absolute atomic E-state index is 0.195. The van der Waals surface area contributed by atoms with Crippen molar-refractivity contribution >= 4 is 23.6 Å². The van der Waals surface area contributed by atoms with Gasteiger partial charge >= 0.3 is 5.97 Å². The van der Waals surface area contributed by atoms with Gasteiger partial charge in [0.05, 0.1) is 5.75 Å². The Labute approximate surface area is 129 Å². The van der Waals surface area contributed by atoms with Crippen LogP contribution < -0.4 is 5.32 Å². The number of thioether (sulfide) groups is 1. The van der Waals surface area contributed by atoms with Crippen LogP contribution in [0.2, 0.25) is 0 Å². The van der Waals surface area contributed by atoms with E-state index in [1.807, 2.05) is 26.0 Å². The van der Waals surface area contributed by atoms with Crippen molar-refractivity contribution in [1.29, 1.82) is 0 Å². The molecule has 0 aromatic heterocycles. The monoisotopic (exact) mass is 311 g/mol. The van der Waals surface area contributed by atoms with Crippen LogP contribution >= 0.6 is 11.8 Å². The zero-order valence-corrected chi connectivity index (χ0v) is 13.3. The molecule has 1 amide bonds. The number of hydrogen-bond acceptors (Lipinski definition) is 4. The van der Waals surface area contributed by atoms with Crippen molar-refractivity contribution in [2.24, 2.45) is 0 Å².